The molecule has 147 heavy (non-hydrogen) atoms. The number of unbranched alkanes of at least 4 members (excludes halogenated alkanes) is 2. The van der Waals surface area contributed by atoms with Gasteiger partial charge in [-0.3, -0.25) is 95.9 Å². The quantitative estimate of drug-likeness (QED) is 0.0161. The molecule has 2 aliphatic rings. The van der Waals surface area contributed by atoms with Gasteiger partial charge in [0.05, 0.1) is 26.2 Å². The third-order valence-electron chi connectivity index (χ3n) is 24.6. The zero-order valence-electron chi connectivity index (χ0n) is 84.6. The molecule has 0 saturated carbocycles. The van der Waals surface area contributed by atoms with E-state index in [-0.39, 0.29) is 114 Å². The van der Waals surface area contributed by atoms with E-state index in [1.54, 1.807) is 130 Å². The van der Waals surface area contributed by atoms with Gasteiger partial charge >= 0.3 is 0 Å². The van der Waals surface area contributed by atoms with Crippen molar-refractivity contribution in [1.29, 1.82) is 0 Å². The Bertz CT molecular complexity index is 5150. The Labute approximate surface area is 864 Å². The number of nitrogens with zero attached hydrogens (tertiary/aromatic N) is 1. The van der Waals surface area contributed by atoms with E-state index in [9.17, 15) is 92.3 Å². The van der Waals surface area contributed by atoms with Crippen molar-refractivity contribution in [2.24, 2.45) is 52.5 Å². The second kappa shape index (κ2) is 61.5. The molecule has 1 aromatic heterocycles. The lowest BCUT2D eigenvalue weighted by atomic mass is 9.98. The summed E-state index contributed by atoms with van der Waals surface area (Å²) >= 11 is 8.81. The van der Waals surface area contributed by atoms with E-state index < -0.39 is 295 Å². The van der Waals surface area contributed by atoms with Crippen molar-refractivity contribution in [3.05, 3.63) is 102 Å². The average Bonchev–Trinajstić information content (AvgIpc) is 1.68. The van der Waals surface area contributed by atoms with E-state index in [0.717, 1.165) is 0 Å². The second-order valence-corrected chi connectivity index (χ2v) is 39.5. The lowest BCUT2D eigenvalue weighted by molar-refractivity contribution is -0.143. The highest BCUT2D eigenvalue weighted by Crippen LogP contribution is 2.25. The Morgan fingerprint density at radius 3 is 1.12 bits per heavy atom. The number of aromatic amines is 1. The molecule has 30 N–H and O–H groups in total. The lowest BCUT2D eigenvalue weighted by Gasteiger charge is -2.32. The van der Waals surface area contributed by atoms with Gasteiger partial charge in [-0.15, -0.1) is 0 Å². The highest BCUT2D eigenvalue weighted by Gasteiger charge is 2.45. The van der Waals surface area contributed by atoms with Gasteiger partial charge in [-0.25, -0.2) is 0 Å². The second-order valence-electron chi connectivity index (χ2n) is 38.7. The zero-order valence-corrected chi connectivity index (χ0v) is 86.4. The first-order valence-corrected chi connectivity index (χ1v) is 50.8. The van der Waals surface area contributed by atoms with Crippen molar-refractivity contribution in [2.75, 3.05) is 51.0 Å². The van der Waals surface area contributed by atoms with Crippen LogP contribution in [0.2, 0.25) is 0 Å². The maximum absolute atomic E-state index is 15.5. The predicted molar refractivity (Wildman–Crippen MR) is 547 cm³/mol. The molecule has 0 spiro atoms. The number of phenols is 1. The Balaban J connectivity index is 1.44. The van der Waals surface area contributed by atoms with E-state index in [0.29, 0.717) is 40.4 Å². The van der Waals surface area contributed by atoms with E-state index in [1.807, 2.05) is 0 Å². The first-order chi connectivity index (χ1) is 69.7. The van der Waals surface area contributed by atoms with Crippen molar-refractivity contribution in [3.63, 3.8) is 0 Å². The number of aromatic nitrogens is 1. The Kier molecular flexibility index (Phi) is 51.3. The fourth-order valence-corrected chi connectivity index (χ4v) is 17.1. The fraction of sp³-hybridized carbons (Fsp3) is 0.592. The van der Waals surface area contributed by atoms with Crippen LogP contribution in [-0.2, 0) is 115 Å². The van der Waals surface area contributed by atoms with Crippen LogP contribution < -0.4 is 113 Å². The SMILES string of the molecule is CC(C)C[C@@H]1NC(=O)[C@H](CO)NC(=O)[C@H](CC(C)C)NC(=O)[C@H](C(C)C)NC(=O)[C@H](CS)NC(=O)[C@H](Cc2ccc(O)cc2)NC(=O)[C@H](CCCCN)NC(=O)[C@H](Cc2c[nH]c3ccccc23)NC(=O)[C@H](Cc2ccccc2)NC(=O)[C@H](CS)NC(=O)[C@H](CC(N)=O)NC(=O)[C@@H]2CCCN2C(=O)[C@H](CC(C)C)NC(=O)[C@H](C(C)C)NC(=O)[C@H](CCCCN)NC(=O)[C@H](CO)NC(=O)[C@H](CCC(N)=O)NC(=O)[C@H](CO)NC1=O. The van der Waals surface area contributed by atoms with E-state index in [1.165, 1.54) is 29.2 Å². The first kappa shape index (κ1) is 123. The Morgan fingerprint density at radius 2 is 0.694 bits per heavy atom. The number of nitrogens with two attached hydrogens (primary N) is 4. The molecule has 0 unspecified atom stereocenters. The number of hydrogen-bond donors (Lipinski definition) is 28. The molecule has 2 aliphatic heterocycles. The summed E-state index contributed by atoms with van der Waals surface area (Å²) in [5.74, 6) is -24.9. The normalized spacial score (nSPS) is 25.4. The molecule has 0 aliphatic carbocycles. The molecule has 6 rings (SSSR count). The van der Waals surface area contributed by atoms with Crippen LogP contribution in [0.5, 0.6) is 5.75 Å². The summed E-state index contributed by atoms with van der Waals surface area (Å²) in [6, 6.07) is -8.91. The number of carbonyl (C=O) groups is 20. The van der Waals surface area contributed by atoms with Gasteiger partial charge in [0.2, 0.25) is 118 Å². The Hall–Kier alpha value is -13.1. The molecule has 20 amide bonds. The number of rotatable bonds is 32. The minimum Gasteiger partial charge on any atom is -0.508 e. The largest absolute Gasteiger partial charge is 0.508 e. The number of nitrogens with one attached hydrogen (secondary N) is 18. The molecule has 4 aromatic rings. The van der Waals surface area contributed by atoms with Crippen molar-refractivity contribution in [2.45, 2.75) is 287 Å². The maximum Gasteiger partial charge on any atom is 0.245 e. The number of H-pyrrole nitrogens is 1. The average molecular weight is 2100 g/mol. The minimum absolute atomic E-state index is 0.0229. The fourth-order valence-electron chi connectivity index (χ4n) is 16.6. The molecule has 47 nitrogen and oxygen atoms in total. The number of aliphatic hydroxyl groups excluding tert-OH is 3. The number of para-hydroxylation sites is 1. The van der Waals surface area contributed by atoms with E-state index in [2.05, 4.69) is 121 Å². The summed E-state index contributed by atoms with van der Waals surface area (Å²) < 4.78 is 0. The number of benzene rings is 3. The summed E-state index contributed by atoms with van der Waals surface area (Å²) in [7, 11) is 0. The van der Waals surface area contributed by atoms with Gasteiger partial charge in [0.15, 0.2) is 0 Å². The van der Waals surface area contributed by atoms with Gasteiger partial charge in [0.25, 0.3) is 0 Å². The number of amides is 20. The molecule has 812 valence electrons. The number of fused-ring (bicyclic) bond motifs is 2. The van der Waals surface area contributed by atoms with Gasteiger partial charge in [-0.1, -0.05) is 130 Å². The summed E-state index contributed by atoms with van der Waals surface area (Å²) in [6.07, 6.45) is -1.01. The molecule has 18 atom stereocenters. The van der Waals surface area contributed by atoms with Gasteiger partial charge in [0.1, 0.15) is 115 Å². The number of aromatic hydroxyl groups is 1. The van der Waals surface area contributed by atoms with Crippen molar-refractivity contribution in [1.82, 2.24) is 100 Å². The smallest absolute Gasteiger partial charge is 0.245 e. The zero-order chi connectivity index (χ0) is 109. The minimum atomic E-state index is -1.97. The van der Waals surface area contributed by atoms with Crippen LogP contribution in [0.1, 0.15) is 176 Å². The number of phenolic OH excluding ortho intramolecular Hbond substituents is 1. The number of carbonyl (C=O) groups excluding carboxylic acids is 20. The van der Waals surface area contributed by atoms with Crippen LogP contribution in [-0.4, -0.2) is 308 Å². The van der Waals surface area contributed by atoms with E-state index in [4.69, 9.17) is 22.9 Å². The van der Waals surface area contributed by atoms with Crippen LogP contribution in [0.3, 0.4) is 0 Å². The predicted octanol–water partition coefficient (Wildman–Crippen LogP) is -5.17. The van der Waals surface area contributed by atoms with Crippen molar-refractivity contribution < 1.29 is 116 Å². The molecule has 49 heteroatoms. The van der Waals surface area contributed by atoms with Crippen molar-refractivity contribution >= 4 is 154 Å². The third-order valence-corrected chi connectivity index (χ3v) is 25.3. The monoisotopic (exact) mass is 2100 g/mol. The molecule has 2 saturated heterocycles. The molecule has 2 fully saturated rings. The van der Waals surface area contributed by atoms with Crippen molar-refractivity contribution in [3.8, 4) is 5.75 Å². The van der Waals surface area contributed by atoms with Crippen LogP contribution in [0, 0.1) is 29.6 Å². The van der Waals surface area contributed by atoms with Crippen LogP contribution in [0.25, 0.3) is 10.9 Å². The molecule has 0 radical (unpaired) electrons. The highest BCUT2D eigenvalue weighted by molar-refractivity contribution is 7.80. The number of thiol groups is 2. The van der Waals surface area contributed by atoms with Crippen LogP contribution in [0.15, 0.2) is 85.1 Å². The van der Waals surface area contributed by atoms with Gasteiger partial charge < -0.3 is 144 Å². The molecule has 3 heterocycles. The third kappa shape index (κ3) is 39.6. The summed E-state index contributed by atoms with van der Waals surface area (Å²) in [6.45, 7) is 13.0. The molecule has 3 aromatic carbocycles. The summed E-state index contributed by atoms with van der Waals surface area (Å²) in [5.41, 5.74) is 24.9. The molecule has 0 bridgehead atoms. The van der Waals surface area contributed by atoms with Gasteiger partial charge in [-0.2, -0.15) is 25.3 Å². The summed E-state index contributed by atoms with van der Waals surface area (Å²) in [4.78, 5) is 295. The standard InChI is InChI=1S/C98H149N23O24S2/c1-50(2)37-64-84(131)115-72(46-123)91(138)106-63(32-33-77(101)126)82(129)114-71(45-122)90(137)105-62(26-17-19-35-100)83(130)119-80(54(9)10)97(144)113-70(39-52(5)6)98(145)121-36-20-27-76(121)95(142)111-69(43-78(102)127)89(136)117-74(48-146)93(140)109-66(40-55-21-12-11-13-22-55)86(133)110-68(42-57-44-103-60-24-15-14-23-59(57)60)88(135)104-61(25-16-18-34-99)81(128)108-67(41-56-28-30-58(125)31-29-56)87(134)118-75(49-147)94(141)120-79(53(7)8)96(143)112-65(38-51(3)4)85(132)116-73(47-124)92(139)107-64/h11-15,21-24,28-31,44,50-54,61-76,79-80,103,122-125,146-147H,16-20,25-27,32-43,45-49,99-100H2,1-10H3,(H2,101,126)(H2,102,127)(H,104,135)(H,105,137)(H,106,138)(H,107,139)(H,108,128)(H,109,140)(H,110,133)(H,111,142)(H,112,143)(H,113,144)(H,114,129)(H,115,131)(H,116,132)(H,117,136)(H,118,134)(H,119,130)(H,120,141)/t61-,62-,63-,64-,65-,66-,67-,68-,69-,70-,71-,72-,73-,74-,75-,76-,79-,80-/m0/s1. The van der Waals surface area contributed by atoms with Gasteiger partial charge in [-0.05, 0) is 155 Å². The molecular formula is C98H149N23O24S2. The summed E-state index contributed by atoms with van der Waals surface area (Å²) in [5, 5.41) is 86.4. The van der Waals surface area contributed by atoms with Gasteiger partial charge in [0, 0.05) is 60.8 Å². The lowest BCUT2D eigenvalue weighted by Crippen LogP contribution is -2.62. The first-order valence-electron chi connectivity index (χ1n) is 49.5. The number of primary amides is 2. The maximum atomic E-state index is 15.5. The van der Waals surface area contributed by atoms with Crippen LogP contribution >= 0.6 is 25.3 Å². The highest BCUT2D eigenvalue weighted by atomic mass is 32.1. The van der Waals surface area contributed by atoms with Crippen LogP contribution in [0.4, 0.5) is 0 Å². The number of aliphatic hydroxyl groups is 3. The van der Waals surface area contributed by atoms with E-state index >= 15 is 24.0 Å². The molecular weight excluding hydrogens is 1950 g/mol. The number of hydrogen-bond acceptors (Lipinski definition) is 28. The Morgan fingerprint density at radius 1 is 0.361 bits per heavy atom. The topological polar surface area (TPSA) is 750 Å².